The molecule has 1 aromatic carbocycles. The highest BCUT2D eigenvalue weighted by atomic mass is 35.5. The molecule has 7 nitrogen and oxygen atoms in total. The van der Waals surface area contributed by atoms with E-state index in [-0.39, 0.29) is 11.7 Å². The molecular formula is C22H18ClN5O2S. The Morgan fingerprint density at radius 2 is 2.13 bits per heavy atom. The first-order valence-corrected chi connectivity index (χ1v) is 11.1. The number of carbonyl (C=O) groups is 1. The van der Waals surface area contributed by atoms with Crippen LogP contribution in [-0.2, 0) is 4.79 Å². The lowest BCUT2D eigenvalue weighted by Gasteiger charge is -2.31. The van der Waals surface area contributed by atoms with Gasteiger partial charge in [0.05, 0.1) is 29.2 Å². The number of halogens is 1. The number of furan rings is 1. The number of aryl methyl sites for hydroxylation is 1. The zero-order chi connectivity index (χ0) is 21.1. The predicted octanol–water partition coefficient (Wildman–Crippen LogP) is 4.58. The predicted molar refractivity (Wildman–Crippen MR) is 120 cm³/mol. The molecule has 1 atom stereocenters. The first-order valence-electron chi connectivity index (χ1n) is 9.91. The van der Waals surface area contributed by atoms with Crippen molar-refractivity contribution < 1.29 is 9.21 Å². The number of hydrogen-bond acceptors (Lipinski definition) is 6. The summed E-state index contributed by atoms with van der Waals surface area (Å²) in [6.45, 7) is 2.93. The maximum absolute atomic E-state index is 12.8. The highest BCUT2D eigenvalue weighted by molar-refractivity contribution is 7.99. The van der Waals surface area contributed by atoms with Crippen LogP contribution in [0.15, 0.2) is 62.6 Å². The second kappa shape index (κ2) is 7.05. The molecule has 1 unspecified atom stereocenters. The number of carbonyl (C=O) groups excluding carboxylic acids is 1. The average Bonchev–Trinajstić information content (AvgIpc) is 3.47. The number of fused-ring (bicyclic) bond motifs is 2. The van der Waals surface area contributed by atoms with Gasteiger partial charge in [0.15, 0.2) is 16.0 Å². The maximum atomic E-state index is 12.8. The number of Topliss-reactive ketones (excluding diaryl/α,β-unsaturated/α-hetero) is 1. The van der Waals surface area contributed by atoms with Crippen LogP contribution in [0.25, 0.3) is 11.0 Å². The molecule has 2 aliphatic rings. The minimum absolute atomic E-state index is 0.0840. The number of H-pyrrole nitrogens is 2. The zero-order valence-corrected chi connectivity index (χ0v) is 18.1. The van der Waals surface area contributed by atoms with Gasteiger partial charge in [0.25, 0.3) is 0 Å². The van der Waals surface area contributed by atoms with Gasteiger partial charge in [-0.3, -0.25) is 4.79 Å². The van der Waals surface area contributed by atoms with Gasteiger partial charge in [-0.05, 0) is 48.5 Å². The van der Waals surface area contributed by atoms with E-state index in [4.69, 9.17) is 16.0 Å². The van der Waals surface area contributed by atoms with Crippen molar-refractivity contribution >= 4 is 45.9 Å². The number of imidazole rings is 1. The number of rotatable bonds is 3. The Hall–Kier alpha value is -2.94. The summed E-state index contributed by atoms with van der Waals surface area (Å²) in [5.74, 6) is 0.585. The smallest absolute Gasteiger partial charge is 0.175 e. The van der Waals surface area contributed by atoms with Gasteiger partial charge in [0.1, 0.15) is 5.76 Å². The molecule has 0 saturated heterocycles. The molecule has 0 radical (unpaired) electrons. The Labute approximate surface area is 186 Å². The number of nitrogens with zero attached hydrogens (tertiary/aromatic N) is 1. The van der Waals surface area contributed by atoms with Crippen LogP contribution in [0, 0.1) is 6.92 Å². The summed E-state index contributed by atoms with van der Waals surface area (Å²) in [6.07, 6.45) is 3.83. The van der Waals surface area contributed by atoms with Crippen molar-refractivity contribution in [2.45, 2.75) is 23.1 Å². The molecule has 2 aliphatic heterocycles. The van der Waals surface area contributed by atoms with Gasteiger partial charge in [-0.15, -0.1) is 0 Å². The Balaban J connectivity index is 1.35. The standard InChI is InChI=1S/C22H18ClN5O2S/c1-10-4-13-14(5-12(10)23)28-22(27-13)31-19-3-2-18(30-19)20-11-6-24-7-15(11)26-16-8-25-9-17(29)21(16)20/h2-7,20,24-26H,8-9H2,1H3,(H,27,28). The molecule has 31 heavy (non-hydrogen) atoms. The molecule has 156 valence electrons. The van der Waals surface area contributed by atoms with E-state index >= 15 is 0 Å². The van der Waals surface area contributed by atoms with Crippen molar-refractivity contribution in [1.29, 1.82) is 0 Å². The van der Waals surface area contributed by atoms with Crippen LogP contribution in [0.4, 0.5) is 5.69 Å². The number of anilines is 1. The topological polar surface area (TPSA) is 98.7 Å². The van der Waals surface area contributed by atoms with Crippen molar-refractivity contribution in [3.8, 4) is 0 Å². The summed E-state index contributed by atoms with van der Waals surface area (Å²) in [5, 5.41) is 8.65. The van der Waals surface area contributed by atoms with E-state index in [0.29, 0.717) is 23.2 Å². The molecule has 4 aromatic rings. The number of benzene rings is 1. The van der Waals surface area contributed by atoms with Crippen molar-refractivity contribution in [2.75, 3.05) is 18.4 Å². The quantitative estimate of drug-likeness (QED) is 0.364. The van der Waals surface area contributed by atoms with E-state index in [1.165, 1.54) is 11.8 Å². The van der Waals surface area contributed by atoms with Gasteiger partial charge in [0.2, 0.25) is 0 Å². The third kappa shape index (κ3) is 3.10. The molecule has 4 N–H and O–H groups in total. The monoisotopic (exact) mass is 451 g/mol. The minimum Gasteiger partial charge on any atom is -0.453 e. The third-order valence-corrected chi connectivity index (χ3v) is 6.91. The molecule has 0 bridgehead atoms. The fourth-order valence-electron chi connectivity index (χ4n) is 4.25. The molecule has 0 saturated carbocycles. The van der Waals surface area contributed by atoms with E-state index in [2.05, 4.69) is 25.6 Å². The van der Waals surface area contributed by atoms with Gasteiger partial charge in [0, 0.05) is 40.8 Å². The van der Waals surface area contributed by atoms with Gasteiger partial charge in [-0.2, -0.15) is 0 Å². The highest BCUT2D eigenvalue weighted by Crippen LogP contribution is 2.44. The van der Waals surface area contributed by atoms with Gasteiger partial charge in [-0.1, -0.05) is 11.6 Å². The molecule has 3 aromatic heterocycles. The van der Waals surface area contributed by atoms with Crippen LogP contribution in [0.1, 0.15) is 22.8 Å². The lowest BCUT2D eigenvalue weighted by Crippen LogP contribution is -2.39. The van der Waals surface area contributed by atoms with Crippen LogP contribution < -0.4 is 10.6 Å². The fraction of sp³-hybridized carbons (Fsp3) is 0.182. The molecule has 5 heterocycles. The Morgan fingerprint density at radius 1 is 1.23 bits per heavy atom. The van der Waals surface area contributed by atoms with Crippen LogP contribution in [0.3, 0.4) is 0 Å². The van der Waals surface area contributed by atoms with Crippen molar-refractivity contribution in [3.05, 3.63) is 69.8 Å². The van der Waals surface area contributed by atoms with Gasteiger partial charge in [-0.25, -0.2) is 4.98 Å². The lowest BCUT2D eigenvalue weighted by atomic mass is 9.82. The van der Waals surface area contributed by atoms with E-state index in [0.717, 1.165) is 50.0 Å². The summed E-state index contributed by atoms with van der Waals surface area (Å²) in [5.41, 5.74) is 6.40. The molecular weight excluding hydrogens is 434 g/mol. The van der Waals surface area contributed by atoms with E-state index < -0.39 is 0 Å². The molecule has 6 rings (SSSR count). The van der Waals surface area contributed by atoms with E-state index in [1.54, 1.807) is 0 Å². The van der Waals surface area contributed by atoms with Crippen LogP contribution in [0.5, 0.6) is 0 Å². The highest BCUT2D eigenvalue weighted by Gasteiger charge is 2.37. The Morgan fingerprint density at radius 3 is 3.03 bits per heavy atom. The summed E-state index contributed by atoms with van der Waals surface area (Å²) in [4.78, 5) is 23.8. The zero-order valence-electron chi connectivity index (χ0n) is 16.5. The van der Waals surface area contributed by atoms with Crippen molar-refractivity contribution in [1.82, 2.24) is 20.3 Å². The molecule has 0 aliphatic carbocycles. The largest absolute Gasteiger partial charge is 0.453 e. The Bertz CT molecular complexity index is 1340. The molecule has 0 fully saturated rings. The second-order valence-electron chi connectivity index (χ2n) is 7.72. The van der Waals surface area contributed by atoms with Gasteiger partial charge >= 0.3 is 0 Å². The van der Waals surface area contributed by atoms with Gasteiger partial charge < -0.3 is 25.0 Å². The summed E-state index contributed by atoms with van der Waals surface area (Å²) < 4.78 is 6.22. The van der Waals surface area contributed by atoms with E-state index in [9.17, 15) is 4.79 Å². The molecule has 9 heteroatoms. The fourth-order valence-corrected chi connectivity index (χ4v) is 5.17. The second-order valence-corrected chi connectivity index (χ2v) is 9.12. The average molecular weight is 452 g/mol. The maximum Gasteiger partial charge on any atom is 0.175 e. The first kappa shape index (κ1) is 18.8. The molecule has 0 amide bonds. The van der Waals surface area contributed by atoms with Crippen LogP contribution in [-0.4, -0.2) is 33.8 Å². The van der Waals surface area contributed by atoms with Crippen molar-refractivity contribution in [3.63, 3.8) is 0 Å². The van der Waals surface area contributed by atoms with Crippen LogP contribution >= 0.6 is 23.4 Å². The van der Waals surface area contributed by atoms with Crippen molar-refractivity contribution in [2.24, 2.45) is 0 Å². The number of ketones is 1. The lowest BCUT2D eigenvalue weighted by molar-refractivity contribution is -0.115. The Kier molecular flexibility index (Phi) is 4.27. The van der Waals surface area contributed by atoms with E-state index in [1.807, 2.05) is 43.6 Å². The normalized spacial score (nSPS) is 18.3. The first-order chi connectivity index (χ1) is 15.1. The number of aromatic amines is 2. The SMILES string of the molecule is Cc1cc2[nH]c(Sc3ccc(C4C5=C(CNCC5=O)Nc5c[nH]cc54)o3)nc2cc1Cl. The number of hydrogen-bond donors (Lipinski definition) is 4. The van der Waals surface area contributed by atoms with Crippen LogP contribution in [0.2, 0.25) is 5.02 Å². The minimum atomic E-state index is -0.237. The summed E-state index contributed by atoms with van der Waals surface area (Å²) >= 11 is 7.63. The third-order valence-electron chi connectivity index (χ3n) is 5.70. The summed E-state index contributed by atoms with van der Waals surface area (Å²) in [6, 6.07) is 7.71. The number of aromatic nitrogens is 3. The molecule has 0 spiro atoms. The number of nitrogens with one attached hydrogen (secondary N) is 4. The summed E-state index contributed by atoms with van der Waals surface area (Å²) in [7, 11) is 0.